The molecule has 7 heteroatoms. The summed E-state index contributed by atoms with van der Waals surface area (Å²) in [4.78, 5) is 13.7. The molecule has 0 bridgehead atoms. The Balaban J connectivity index is 1.81. The highest BCUT2D eigenvalue weighted by Gasteiger charge is 2.18. The summed E-state index contributed by atoms with van der Waals surface area (Å²) < 4.78 is 1.69. The van der Waals surface area contributed by atoms with Crippen molar-refractivity contribution in [2.75, 3.05) is 19.6 Å². The topological polar surface area (TPSA) is 89.1 Å². The normalized spacial score (nSPS) is 20.4. The first-order valence-corrected chi connectivity index (χ1v) is 6.86. The second kappa shape index (κ2) is 6.63. The van der Waals surface area contributed by atoms with Crippen LogP contribution in [0.5, 0.6) is 0 Å². The molecule has 0 aliphatic carbocycles. The summed E-state index contributed by atoms with van der Waals surface area (Å²) >= 11 is 0. The number of aromatic nitrogens is 3. The SMILES string of the molecule is CCC1CCCN(CCn2cc(C(=O)NN)nn2)C1. The predicted molar refractivity (Wildman–Crippen MR) is 71.1 cm³/mol. The largest absolute Gasteiger partial charge is 0.301 e. The minimum atomic E-state index is -0.407. The number of hydrogen-bond acceptors (Lipinski definition) is 5. The van der Waals surface area contributed by atoms with Crippen LogP contribution in [0.3, 0.4) is 0 Å². The van der Waals surface area contributed by atoms with Crippen LogP contribution in [0.1, 0.15) is 36.7 Å². The summed E-state index contributed by atoms with van der Waals surface area (Å²) in [5.41, 5.74) is 2.31. The molecule has 0 spiro atoms. The maximum Gasteiger partial charge on any atom is 0.287 e. The molecule has 106 valence electrons. The van der Waals surface area contributed by atoms with Gasteiger partial charge in [0.1, 0.15) is 0 Å². The second-order valence-electron chi connectivity index (χ2n) is 5.06. The number of likely N-dealkylation sites (tertiary alicyclic amines) is 1. The number of carbonyl (C=O) groups is 1. The van der Waals surface area contributed by atoms with E-state index in [1.807, 2.05) is 5.43 Å². The number of rotatable bonds is 5. The molecule has 1 aliphatic heterocycles. The van der Waals surface area contributed by atoms with E-state index in [0.717, 1.165) is 25.6 Å². The van der Waals surface area contributed by atoms with Crippen molar-refractivity contribution in [2.45, 2.75) is 32.7 Å². The van der Waals surface area contributed by atoms with Crippen LogP contribution >= 0.6 is 0 Å². The summed E-state index contributed by atoms with van der Waals surface area (Å²) in [5, 5.41) is 7.72. The lowest BCUT2D eigenvalue weighted by atomic mass is 9.96. The second-order valence-corrected chi connectivity index (χ2v) is 5.06. The quantitative estimate of drug-likeness (QED) is 0.445. The van der Waals surface area contributed by atoms with Gasteiger partial charge in [-0.25, -0.2) is 5.84 Å². The first kappa shape index (κ1) is 14.0. The Labute approximate surface area is 113 Å². The van der Waals surface area contributed by atoms with Gasteiger partial charge >= 0.3 is 0 Å². The van der Waals surface area contributed by atoms with Gasteiger partial charge in [0, 0.05) is 13.1 Å². The number of piperidine rings is 1. The van der Waals surface area contributed by atoms with Gasteiger partial charge in [0.25, 0.3) is 5.91 Å². The number of carbonyl (C=O) groups excluding carboxylic acids is 1. The van der Waals surface area contributed by atoms with Gasteiger partial charge in [-0.1, -0.05) is 18.6 Å². The zero-order valence-corrected chi connectivity index (χ0v) is 11.4. The molecule has 1 fully saturated rings. The van der Waals surface area contributed by atoms with Crippen molar-refractivity contribution in [1.29, 1.82) is 0 Å². The molecule has 0 radical (unpaired) electrons. The average Bonchev–Trinajstić information content (AvgIpc) is 2.93. The van der Waals surface area contributed by atoms with Gasteiger partial charge in [-0.05, 0) is 25.3 Å². The maximum absolute atomic E-state index is 11.3. The van der Waals surface area contributed by atoms with Crippen molar-refractivity contribution in [3.63, 3.8) is 0 Å². The molecule has 0 aromatic carbocycles. The third kappa shape index (κ3) is 3.74. The number of amides is 1. The summed E-state index contributed by atoms with van der Waals surface area (Å²) in [6.07, 6.45) is 5.50. The molecule has 7 nitrogen and oxygen atoms in total. The van der Waals surface area contributed by atoms with E-state index >= 15 is 0 Å². The van der Waals surface area contributed by atoms with Gasteiger partial charge in [-0.15, -0.1) is 5.10 Å². The van der Waals surface area contributed by atoms with Crippen LogP contribution < -0.4 is 11.3 Å². The Morgan fingerprint density at radius 1 is 1.58 bits per heavy atom. The minimum Gasteiger partial charge on any atom is -0.301 e. The molecule has 1 atom stereocenters. The van der Waals surface area contributed by atoms with E-state index in [1.54, 1.807) is 10.9 Å². The third-order valence-electron chi connectivity index (χ3n) is 3.73. The fraction of sp³-hybridized carbons (Fsp3) is 0.750. The first-order valence-electron chi connectivity index (χ1n) is 6.86. The average molecular weight is 266 g/mol. The van der Waals surface area contributed by atoms with Crippen molar-refractivity contribution in [3.05, 3.63) is 11.9 Å². The molecule has 1 aliphatic rings. The van der Waals surface area contributed by atoms with Gasteiger partial charge in [-0.3, -0.25) is 14.9 Å². The molecule has 1 amide bonds. The van der Waals surface area contributed by atoms with Gasteiger partial charge < -0.3 is 4.90 Å². The molecule has 1 aromatic heterocycles. The lowest BCUT2D eigenvalue weighted by Crippen LogP contribution is -2.37. The smallest absolute Gasteiger partial charge is 0.287 e. The number of nitrogen functional groups attached to an aromatic ring is 1. The Kier molecular flexibility index (Phi) is 4.86. The first-order chi connectivity index (χ1) is 9.22. The van der Waals surface area contributed by atoms with Crippen molar-refractivity contribution in [3.8, 4) is 0 Å². The van der Waals surface area contributed by atoms with Crippen LogP contribution in [0.25, 0.3) is 0 Å². The van der Waals surface area contributed by atoms with E-state index in [2.05, 4.69) is 22.1 Å². The summed E-state index contributed by atoms with van der Waals surface area (Å²) in [7, 11) is 0. The number of nitrogens with zero attached hydrogens (tertiary/aromatic N) is 4. The molecule has 1 aromatic rings. The lowest BCUT2D eigenvalue weighted by Gasteiger charge is -2.32. The minimum absolute atomic E-state index is 0.257. The number of nitrogens with one attached hydrogen (secondary N) is 1. The molecule has 1 saturated heterocycles. The maximum atomic E-state index is 11.3. The van der Waals surface area contributed by atoms with Crippen LogP contribution in [0.15, 0.2) is 6.20 Å². The summed E-state index contributed by atoms with van der Waals surface area (Å²) in [6, 6.07) is 0. The molecular weight excluding hydrogens is 244 g/mol. The molecule has 19 heavy (non-hydrogen) atoms. The van der Waals surface area contributed by atoms with E-state index < -0.39 is 5.91 Å². The zero-order valence-electron chi connectivity index (χ0n) is 11.4. The van der Waals surface area contributed by atoms with E-state index in [0.29, 0.717) is 0 Å². The third-order valence-corrected chi connectivity index (χ3v) is 3.73. The van der Waals surface area contributed by atoms with Gasteiger partial charge in [0.15, 0.2) is 5.69 Å². The van der Waals surface area contributed by atoms with Gasteiger partial charge in [0.05, 0.1) is 12.7 Å². The highest BCUT2D eigenvalue weighted by atomic mass is 16.2. The van der Waals surface area contributed by atoms with Gasteiger partial charge in [-0.2, -0.15) is 0 Å². The number of hydrogen-bond donors (Lipinski definition) is 2. The van der Waals surface area contributed by atoms with Gasteiger partial charge in [0.2, 0.25) is 0 Å². The van der Waals surface area contributed by atoms with Crippen molar-refractivity contribution in [1.82, 2.24) is 25.3 Å². The molecule has 2 heterocycles. The van der Waals surface area contributed by atoms with Crippen molar-refractivity contribution < 1.29 is 4.79 Å². The molecular formula is C12H22N6O. The molecule has 0 saturated carbocycles. The summed E-state index contributed by atoms with van der Waals surface area (Å²) in [5.74, 6) is 5.47. The fourth-order valence-corrected chi connectivity index (χ4v) is 2.52. The molecule has 3 N–H and O–H groups in total. The van der Waals surface area contributed by atoms with Crippen molar-refractivity contribution in [2.24, 2.45) is 11.8 Å². The van der Waals surface area contributed by atoms with E-state index in [-0.39, 0.29) is 5.69 Å². The lowest BCUT2D eigenvalue weighted by molar-refractivity contribution is 0.0948. The Morgan fingerprint density at radius 3 is 3.16 bits per heavy atom. The van der Waals surface area contributed by atoms with Crippen LogP contribution in [0, 0.1) is 5.92 Å². The fourth-order valence-electron chi connectivity index (χ4n) is 2.52. The van der Waals surface area contributed by atoms with E-state index in [9.17, 15) is 4.79 Å². The standard InChI is InChI=1S/C12H22N6O/c1-2-10-4-3-5-17(8-10)6-7-18-9-11(15-16-18)12(19)14-13/h9-10H,2-8,13H2,1H3,(H,14,19). The number of hydrazine groups is 1. The van der Waals surface area contributed by atoms with E-state index in [1.165, 1.54) is 25.8 Å². The summed E-state index contributed by atoms with van der Waals surface area (Å²) in [6.45, 7) is 6.27. The van der Waals surface area contributed by atoms with Crippen LogP contribution in [0.4, 0.5) is 0 Å². The highest BCUT2D eigenvalue weighted by Crippen LogP contribution is 2.18. The predicted octanol–water partition coefficient (Wildman–Crippen LogP) is 0.00360. The monoisotopic (exact) mass is 266 g/mol. The molecule has 1 unspecified atom stereocenters. The van der Waals surface area contributed by atoms with Crippen LogP contribution in [0.2, 0.25) is 0 Å². The highest BCUT2D eigenvalue weighted by molar-refractivity contribution is 5.91. The zero-order chi connectivity index (χ0) is 13.7. The van der Waals surface area contributed by atoms with Crippen LogP contribution in [-0.2, 0) is 6.54 Å². The van der Waals surface area contributed by atoms with Crippen molar-refractivity contribution >= 4 is 5.91 Å². The van der Waals surface area contributed by atoms with Crippen LogP contribution in [-0.4, -0.2) is 45.4 Å². The number of nitrogens with two attached hydrogens (primary N) is 1. The Hall–Kier alpha value is -1.47. The Bertz CT molecular complexity index is 418. The Morgan fingerprint density at radius 2 is 2.42 bits per heavy atom. The molecule has 2 rings (SSSR count). The van der Waals surface area contributed by atoms with E-state index in [4.69, 9.17) is 5.84 Å².